The van der Waals surface area contributed by atoms with Gasteiger partial charge in [0.1, 0.15) is 8.07 Å². The summed E-state index contributed by atoms with van der Waals surface area (Å²) in [4.78, 5) is 21.5. The summed E-state index contributed by atoms with van der Waals surface area (Å²) in [5.41, 5.74) is 2.53. The molecule has 1 aromatic rings. The number of rotatable bonds is 9. The fourth-order valence-corrected chi connectivity index (χ4v) is 3.07. The number of unbranched alkanes of at least 4 members (excludes halogenated alkanes) is 3. The lowest BCUT2D eigenvalue weighted by molar-refractivity contribution is -0.241. The third-order valence-corrected chi connectivity index (χ3v) is 6.33. The molecule has 1 aromatic carbocycles. The normalized spacial score (nSPS) is 11.2. The molecular weight excluding hydrogens is 280 g/mol. The molecule has 1 radical (unpaired) electrons. The van der Waals surface area contributed by atoms with Gasteiger partial charge in [0.15, 0.2) is 0 Å². The number of hydrogen-bond acceptors (Lipinski definition) is 3. The van der Waals surface area contributed by atoms with Gasteiger partial charge >= 0.3 is 5.97 Å². The topological polar surface area (TPSA) is 35.5 Å². The first-order valence-corrected chi connectivity index (χ1v) is 10.5. The van der Waals surface area contributed by atoms with Gasteiger partial charge in [-0.25, -0.2) is 4.79 Å². The first-order chi connectivity index (χ1) is 10.0. The van der Waals surface area contributed by atoms with Gasteiger partial charge in [0.25, 0.3) is 0 Å². The number of hydrogen-bond donors (Lipinski definition) is 0. The standard InChI is InChI=1S/C17H25O3Si/c1-5-7-8-9-14-19-20-17(18)15-10-12-16(13-11-15)21(3,4)6-2/h6,10-13H,1-2,5,7-9,14H2,3-4H3. The van der Waals surface area contributed by atoms with E-state index in [0.717, 1.165) is 25.7 Å². The van der Waals surface area contributed by atoms with E-state index in [1.165, 1.54) is 5.19 Å². The van der Waals surface area contributed by atoms with Crippen LogP contribution in [0, 0.1) is 6.92 Å². The van der Waals surface area contributed by atoms with Gasteiger partial charge in [0, 0.05) is 0 Å². The van der Waals surface area contributed by atoms with Gasteiger partial charge in [-0.15, -0.1) is 6.58 Å². The van der Waals surface area contributed by atoms with Crippen molar-refractivity contribution in [2.75, 3.05) is 6.61 Å². The predicted octanol–water partition coefficient (Wildman–Crippen LogP) is 3.81. The van der Waals surface area contributed by atoms with E-state index in [9.17, 15) is 4.79 Å². The Balaban J connectivity index is 2.43. The van der Waals surface area contributed by atoms with Crippen LogP contribution in [0.4, 0.5) is 0 Å². The smallest absolute Gasteiger partial charge is 0.293 e. The molecule has 115 valence electrons. The van der Waals surface area contributed by atoms with Crippen LogP contribution in [0.15, 0.2) is 36.5 Å². The van der Waals surface area contributed by atoms with Crippen LogP contribution in [0.25, 0.3) is 0 Å². The van der Waals surface area contributed by atoms with Crippen LogP contribution in [0.5, 0.6) is 0 Å². The summed E-state index contributed by atoms with van der Waals surface area (Å²) in [6.45, 7) is 12.5. The van der Waals surface area contributed by atoms with Gasteiger partial charge in [0.2, 0.25) is 0 Å². The highest BCUT2D eigenvalue weighted by Gasteiger charge is 2.19. The second-order valence-electron chi connectivity index (χ2n) is 5.61. The lowest BCUT2D eigenvalue weighted by atomic mass is 10.2. The number of benzene rings is 1. The highest BCUT2D eigenvalue weighted by Crippen LogP contribution is 2.07. The number of carbonyl (C=O) groups is 1. The van der Waals surface area contributed by atoms with Crippen LogP contribution in [0.3, 0.4) is 0 Å². The Morgan fingerprint density at radius 2 is 1.86 bits per heavy atom. The van der Waals surface area contributed by atoms with Gasteiger partial charge in [-0.2, -0.15) is 4.89 Å². The summed E-state index contributed by atoms with van der Waals surface area (Å²) in [6, 6.07) is 7.50. The largest absolute Gasteiger partial charge is 0.373 e. The summed E-state index contributed by atoms with van der Waals surface area (Å²) in [7, 11) is -1.58. The van der Waals surface area contributed by atoms with Crippen molar-refractivity contribution in [2.24, 2.45) is 0 Å². The quantitative estimate of drug-likeness (QED) is 0.301. The molecule has 1 rings (SSSR count). The molecule has 0 saturated heterocycles. The van der Waals surface area contributed by atoms with Crippen molar-refractivity contribution in [1.29, 1.82) is 0 Å². The van der Waals surface area contributed by atoms with Crippen molar-refractivity contribution in [2.45, 2.75) is 38.8 Å². The minimum atomic E-state index is -1.58. The molecule has 0 saturated carbocycles. The Morgan fingerprint density at radius 1 is 1.19 bits per heavy atom. The van der Waals surface area contributed by atoms with Gasteiger partial charge in [0.05, 0.1) is 12.2 Å². The molecule has 0 aliphatic carbocycles. The molecule has 0 atom stereocenters. The van der Waals surface area contributed by atoms with Crippen molar-refractivity contribution in [1.82, 2.24) is 0 Å². The van der Waals surface area contributed by atoms with E-state index in [0.29, 0.717) is 12.2 Å². The minimum absolute atomic E-state index is 0.431. The maximum Gasteiger partial charge on any atom is 0.373 e. The Kier molecular flexibility index (Phi) is 7.40. The Bertz CT molecular complexity index is 452. The summed E-state index contributed by atoms with van der Waals surface area (Å²) >= 11 is 0. The third-order valence-electron chi connectivity index (χ3n) is 3.49. The van der Waals surface area contributed by atoms with E-state index in [2.05, 4.69) is 26.6 Å². The zero-order valence-electron chi connectivity index (χ0n) is 13.1. The number of carbonyl (C=O) groups excluding carboxylic acids is 1. The molecule has 3 nitrogen and oxygen atoms in total. The second kappa shape index (κ2) is 8.80. The molecule has 0 heterocycles. The van der Waals surface area contributed by atoms with E-state index in [1.54, 1.807) is 12.1 Å². The molecule has 0 unspecified atom stereocenters. The van der Waals surface area contributed by atoms with Crippen molar-refractivity contribution < 1.29 is 14.6 Å². The van der Waals surface area contributed by atoms with Crippen LogP contribution >= 0.6 is 0 Å². The van der Waals surface area contributed by atoms with Gasteiger partial charge in [-0.1, -0.05) is 62.3 Å². The van der Waals surface area contributed by atoms with Crippen LogP contribution in [0.2, 0.25) is 13.1 Å². The van der Waals surface area contributed by atoms with Crippen LogP contribution in [-0.4, -0.2) is 20.7 Å². The molecule has 0 fully saturated rings. The molecule has 0 aliphatic heterocycles. The first kappa shape index (κ1) is 17.7. The van der Waals surface area contributed by atoms with Crippen molar-refractivity contribution >= 4 is 19.2 Å². The highest BCUT2D eigenvalue weighted by atomic mass is 28.3. The monoisotopic (exact) mass is 305 g/mol. The lowest BCUT2D eigenvalue weighted by Crippen LogP contribution is -2.39. The van der Waals surface area contributed by atoms with Gasteiger partial charge in [-0.05, 0) is 18.6 Å². The minimum Gasteiger partial charge on any atom is -0.293 e. The van der Waals surface area contributed by atoms with Crippen LogP contribution < -0.4 is 5.19 Å². The zero-order valence-corrected chi connectivity index (χ0v) is 14.1. The van der Waals surface area contributed by atoms with E-state index >= 15 is 0 Å². The van der Waals surface area contributed by atoms with E-state index < -0.39 is 14.0 Å². The Morgan fingerprint density at radius 3 is 2.43 bits per heavy atom. The van der Waals surface area contributed by atoms with E-state index in [-0.39, 0.29) is 0 Å². The molecule has 0 N–H and O–H groups in total. The fraction of sp³-hybridized carbons (Fsp3) is 0.412. The molecular formula is C17H25O3Si. The summed E-state index contributed by atoms with van der Waals surface area (Å²) in [5, 5.41) is 1.24. The van der Waals surface area contributed by atoms with Gasteiger partial charge < -0.3 is 0 Å². The molecule has 0 aliphatic rings. The lowest BCUT2D eigenvalue weighted by Gasteiger charge is -2.17. The second-order valence-corrected chi connectivity index (χ2v) is 10.0. The first-order valence-electron chi connectivity index (χ1n) is 7.38. The third kappa shape index (κ3) is 5.85. The summed E-state index contributed by atoms with van der Waals surface area (Å²) < 4.78 is 0. The SMILES string of the molecule is [CH2]CCCCCOOC(=O)c1ccc([Si](C)(C)C=C)cc1. The summed E-state index contributed by atoms with van der Waals surface area (Å²) in [6.07, 6.45) is 3.91. The molecule has 0 aromatic heterocycles. The Hall–Kier alpha value is -1.39. The van der Waals surface area contributed by atoms with E-state index in [1.807, 2.05) is 17.8 Å². The average molecular weight is 305 g/mol. The molecule has 4 heteroatoms. The maximum absolute atomic E-state index is 11.8. The summed E-state index contributed by atoms with van der Waals surface area (Å²) in [5.74, 6) is -0.447. The predicted molar refractivity (Wildman–Crippen MR) is 88.9 cm³/mol. The van der Waals surface area contributed by atoms with Crippen molar-refractivity contribution in [3.05, 3.63) is 49.0 Å². The molecule has 0 amide bonds. The molecule has 21 heavy (non-hydrogen) atoms. The Labute approximate surface area is 128 Å². The van der Waals surface area contributed by atoms with Crippen LogP contribution in [0.1, 0.15) is 36.0 Å². The average Bonchev–Trinajstić information content (AvgIpc) is 2.50. The van der Waals surface area contributed by atoms with Crippen molar-refractivity contribution in [3.8, 4) is 0 Å². The maximum atomic E-state index is 11.8. The van der Waals surface area contributed by atoms with E-state index in [4.69, 9.17) is 9.78 Å². The molecule has 0 bridgehead atoms. The zero-order chi connectivity index (χ0) is 15.7. The van der Waals surface area contributed by atoms with Crippen molar-refractivity contribution in [3.63, 3.8) is 0 Å². The van der Waals surface area contributed by atoms with Crippen LogP contribution in [-0.2, 0) is 9.78 Å². The fourth-order valence-electron chi connectivity index (χ4n) is 1.81. The molecule has 0 spiro atoms. The highest BCUT2D eigenvalue weighted by molar-refractivity contribution is 6.93. The van der Waals surface area contributed by atoms with Gasteiger partial charge in [-0.3, -0.25) is 4.89 Å².